The maximum Gasteiger partial charge on any atom is 0.240 e. The minimum absolute atomic E-state index is 0.000162. The van der Waals surface area contributed by atoms with Gasteiger partial charge in [0.2, 0.25) is 9.04 Å². The zero-order valence-corrected chi connectivity index (χ0v) is 24.6. The molecule has 2 aromatic rings. The van der Waals surface area contributed by atoms with Crippen molar-refractivity contribution in [2.45, 2.75) is 72.9 Å². The number of rotatable bonds is 7. The molecule has 1 saturated carbocycles. The molecule has 3 rings (SSSR count). The normalized spacial score (nSPS) is 24.7. The summed E-state index contributed by atoms with van der Waals surface area (Å²) in [6, 6.07) is 21.3. The van der Waals surface area contributed by atoms with Gasteiger partial charge in [-0.15, -0.1) is 0 Å². The Morgan fingerprint density at radius 2 is 1.38 bits per heavy atom. The van der Waals surface area contributed by atoms with E-state index in [1.807, 2.05) is 0 Å². The molecule has 0 aromatic heterocycles. The molecule has 34 heavy (non-hydrogen) atoms. The van der Waals surface area contributed by atoms with Crippen LogP contribution in [0.25, 0.3) is 0 Å². The molecule has 0 aliphatic heterocycles. The molecule has 0 radical (unpaired) electrons. The fourth-order valence-corrected chi connectivity index (χ4v) is 9.13. The molecule has 3 nitrogen and oxygen atoms in total. The summed E-state index contributed by atoms with van der Waals surface area (Å²) in [7, 11) is -3.48. The summed E-state index contributed by atoms with van der Waals surface area (Å²) in [6.07, 6.45) is 0.470. The van der Waals surface area contributed by atoms with E-state index in [0.717, 1.165) is 5.57 Å². The molecule has 1 aliphatic carbocycles. The van der Waals surface area contributed by atoms with Crippen LogP contribution in [-0.2, 0) is 8.85 Å². The molecular formula is C29H44O3Si2. The molecule has 0 amide bonds. The minimum Gasteiger partial charge on any atom is -0.407 e. The van der Waals surface area contributed by atoms with Crippen LogP contribution in [-0.4, -0.2) is 35.1 Å². The summed E-state index contributed by atoms with van der Waals surface area (Å²) >= 11 is 0. The fraction of sp³-hybridized carbons (Fsp3) is 0.517. The summed E-state index contributed by atoms with van der Waals surface area (Å²) in [6.45, 7) is 22.2. The van der Waals surface area contributed by atoms with Gasteiger partial charge in [-0.3, -0.25) is 0 Å². The van der Waals surface area contributed by atoms with Crippen molar-refractivity contribution in [2.75, 3.05) is 0 Å². The van der Waals surface area contributed by atoms with E-state index in [1.54, 1.807) is 0 Å². The van der Waals surface area contributed by atoms with Crippen molar-refractivity contribution in [3.63, 3.8) is 0 Å². The third-order valence-electron chi connectivity index (χ3n) is 7.04. The number of hydrogen-bond donors (Lipinski definition) is 1. The summed E-state index contributed by atoms with van der Waals surface area (Å²) in [5.41, 5.74) is 0.623. The van der Waals surface area contributed by atoms with Crippen molar-refractivity contribution in [3.05, 3.63) is 72.8 Å². The predicted octanol–water partition coefficient (Wildman–Crippen LogP) is 4.88. The second-order valence-electron chi connectivity index (χ2n) is 12.3. The van der Waals surface area contributed by atoms with Crippen LogP contribution in [0.15, 0.2) is 72.8 Å². The van der Waals surface area contributed by atoms with E-state index < -0.39 is 23.9 Å². The molecule has 0 heterocycles. The fourth-order valence-electron chi connectivity index (χ4n) is 5.39. The maximum absolute atomic E-state index is 11.7. The highest BCUT2D eigenvalue weighted by Crippen LogP contribution is 2.55. The van der Waals surface area contributed by atoms with E-state index in [2.05, 4.69) is 122 Å². The second-order valence-corrected chi connectivity index (χ2v) is 17.0. The smallest absolute Gasteiger partial charge is 0.240 e. The minimum atomic E-state index is -2.00. The van der Waals surface area contributed by atoms with Gasteiger partial charge in [-0.1, -0.05) is 109 Å². The third-order valence-corrected chi connectivity index (χ3v) is 10.5. The topological polar surface area (TPSA) is 38.7 Å². The first-order valence-electron chi connectivity index (χ1n) is 12.6. The van der Waals surface area contributed by atoms with Gasteiger partial charge in [-0.05, 0) is 45.8 Å². The maximum atomic E-state index is 11.7. The molecule has 186 valence electrons. The average molecular weight is 497 g/mol. The highest BCUT2D eigenvalue weighted by atomic mass is 28.3. The highest BCUT2D eigenvalue weighted by Gasteiger charge is 2.57. The van der Waals surface area contributed by atoms with Crippen molar-refractivity contribution in [1.29, 1.82) is 0 Å². The van der Waals surface area contributed by atoms with Gasteiger partial charge in [0.1, 0.15) is 0 Å². The zero-order valence-electron chi connectivity index (χ0n) is 22.3. The van der Waals surface area contributed by atoms with Crippen molar-refractivity contribution in [2.24, 2.45) is 22.7 Å². The largest absolute Gasteiger partial charge is 0.407 e. The molecule has 4 atom stereocenters. The van der Waals surface area contributed by atoms with Crippen LogP contribution in [0.4, 0.5) is 0 Å². The monoisotopic (exact) mass is 496 g/mol. The van der Waals surface area contributed by atoms with Gasteiger partial charge >= 0.3 is 0 Å². The van der Waals surface area contributed by atoms with Crippen LogP contribution in [0.5, 0.6) is 0 Å². The summed E-state index contributed by atoms with van der Waals surface area (Å²) in [4.78, 5) is 0. The van der Waals surface area contributed by atoms with Gasteiger partial charge < -0.3 is 14.0 Å². The van der Waals surface area contributed by atoms with E-state index in [0.29, 0.717) is 6.42 Å². The molecular weight excluding hydrogens is 452 g/mol. The third kappa shape index (κ3) is 6.00. The number of benzene rings is 2. The lowest BCUT2D eigenvalue weighted by molar-refractivity contribution is -0.109. The molecule has 5 heteroatoms. The van der Waals surface area contributed by atoms with Crippen LogP contribution in [0, 0.1) is 22.7 Å². The average Bonchev–Trinajstić information content (AvgIpc) is 2.99. The summed E-state index contributed by atoms with van der Waals surface area (Å²) in [5.74, 6) is -1.07. The first-order chi connectivity index (χ1) is 15.7. The molecule has 0 bridgehead atoms. The Morgan fingerprint density at radius 1 is 0.912 bits per heavy atom. The molecule has 1 aliphatic rings. The lowest BCUT2D eigenvalue weighted by atomic mass is 9.68. The Hall–Kier alpha value is -1.51. The summed E-state index contributed by atoms with van der Waals surface area (Å²) < 4.78 is 13.5. The van der Waals surface area contributed by atoms with E-state index in [-0.39, 0.29) is 28.8 Å². The van der Waals surface area contributed by atoms with E-state index in [4.69, 9.17) is 8.85 Å². The van der Waals surface area contributed by atoms with Crippen molar-refractivity contribution in [3.8, 4) is 0 Å². The molecule has 2 aromatic carbocycles. The first-order valence-corrected chi connectivity index (χ1v) is 17.0. The SMILES string of the molecule is C=C1[C@H](C(O[SiH](c2ccccc2)c2ccccc2)C(C)(C)C)[C@@H](C(C)(C)C)C[C@@]1(O)O[SiH](C)C. The lowest BCUT2D eigenvalue weighted by Gasteiger charge is -2.44. The standard InChI is InChI=1S/C29H44O3Si2/c1-21-25(24(27(2,3)4)20-29(21,30)32-33(8)9)26(28(5,6)7)31-34(22-16-12-10-13-17-22)23-18-14-11-15-19-23/h10-19,24-26,30,33-34H,1,20H2,2-9H3/t24-,25-,26?,29+/m0/s1. The van der Waals surface area contributed by atoms with Crippen LogP contribution in [0.2, 0.25) is 13.1 Å². The van der Waals surface area contributed by atoms with Gasteiger partial charge in [-0.2, -0.15) is 0 Å². The van der Waals surface area contributed by atoms with Crippen molar-refractivity contribution < 1.29 is 14.0 Å². The van der Waals surface area contributed by atoms with Gasteiger partial charge in [0.15, 0.2) is 14.8 Å². The quantitative estimate of drug-likeness (QED) is 0.337. The molecule has 1 N–H and O–H groups in total. The van der Waals surface area contributed by atoms with Gasteiger partial charge in [0, 0.05) is 12.3 Å². The molecule has 0 spiro atoms. The van der Waals surface area contributed by atoms with E-state index in [9.17, 15) is 5.11 Å². The lowest BCUT2D eigenvalue weighted by Crippen LogP contribution is -2.53. The zero-order chi connectivity index (χ0) is 25.3. The first kappa shape index (κ1) is 27.1. The van der Waals surface area contributed by atoms with Crippen LogP contribution in [0.3, 0.4) is 0 Å². The molecule has 0 saturated heterocycles. The van der Waals surface area contributed by atoms with Crippen molar-refractivity contribution >= 4 is 28.5 Å². The number of aliphatic hydroxyl groups is 1. The number of hydrogen-bond acceptors (Lipinski definition) is 3. The van der Waals surface area contributed by atoms with Gasteiger partial charge in [0.05, 0.1) is 6.10 Å². The van der Waals surface area contributed by atoms with Gasteiger partial charge in [-0.25, -0.2) is 0 Å². The van der Waals surface area contributed by atoms with Crippen molar-refractivity contribution in [1.82, 2.24) is 0 Å². The van der Waals surface area contributed by atoms with Crippen LogP contribution < -0.4 is 10.4 Å². The van der Waals surface area contributed by atoms with Crippen LogP contribution in [0.1, 0.15) is 48.0 Å². The Morgan fingerprint density at radius 3 is 1.76 bits per heavy atom. The second kappa shape index (κ2) is 10.2. The highest BCUT2D eigenvalue weighted by molar-refractivity contribution is 6.80. The predicted molar refractivity (Wildman–Crippen MR) is 149 cm³/mol. The Labute approximate surface area is 210 Å². The van der Waals surface area contributed by atoms with E-state index in [1.165, 1.54) is 10.4 Å². The van der Waals surface area contributed by atoms with E-state index >= 15 is 0 Å². The Balaban J connectivity index is 2.10. The molecule has 1 unspecified atom stereocenters. The molecule has 1 fully saturated rings. The summed E-state index contributed by atoms with van der Waals surface area (Å²) in [5, 5.41) is 14.2. The van der Waals surface area contributed by atoms with Gasteiger partial charge in [0.25, 0.3) is 0 Å². The van der Waals surface area contributed by atoms with Crippen LogP contribution >= 0.6 is 0 Å². The Kier molecular flexibility index (Phi) is 8.15. The Bertz CT molecular complexity index is 907.